The van der Waals surface area contributed by atoms with E-state index in [1.54, 1.807) is 6.07 Å². The molecule has 4 nitrogen and oxygen atoms in total. The number of carbonyl (C=O) groups is 2. The van der Waals surface area contributed by atoms with Gasteiger partial charge >= 0.3 is 0 Å². The van der Waals surface area contributed by atoms with Crippen LogP contribution in [0.25, 0.3) is 0 Å². The van der Waals surface area contributed by atoms with Gasteiger partial charge in [-0.25, -0.2) is 0 Å². The van der Waals surface area contributed by atoms with Gasteiger partial charge in [0.1, 0.15) is 0 Å². The van der Waals surface area contributed by atoms with Gasteiger partial charge in [0.2, 0.25) is 5.91 Å². The van der Waals surface area contributed by atoms with Crippen LogP contribution in [0.1, 0.15) is 37.0 Å². The lowest BCUT2D eigenvalue weighted by molar-refractivity contribution is -0.137. The number of benzene rings is 1. The number of rotatable bonds is 4. The van der Waals surface area contributed by atoms with Gasteiger partial charge in [-0.15, -0.1) is 12.6 Å². The van der Waals surface area contributed by atoms with Crippen LogP contribution in [0.4, 0.5) is 0 Å². The van der Waals surface area contributed by atoms with Crippen molar-refractivity contribution in [3.05, 3.63) is 29.8 Å². The van der Waals surface area contributed by atoms with Crippen molar-refractivity contribution in [3.63, 3.8) is 0 Å². The number of thiol groups is 1. The summed E-state index contributed by atoms with van der Waals surface area (Å²) in [6.07, 6.45) is 1.75. The Kier molecular flexibility index (Phi) is 5.89. The third kappa shape index (κ3) is 3.64. The monoisotopic (exact) mass is 320 g/mol. The Balaban J connectivity index is 1.96. The number of hydrogen-bond donors (Lipinski definition) is 1. The van der Waals surface area contributed by atoms with E-state index >= 15 is 0 Å². The molecule has 1 aliphatic rings. The van der Waals surface area contributed by atoms with E-state index in [-0.39, 0.29) is 17.7 Å². The molecule has 0 aliphatic carbocycles. The number of hydrogen-bond acceptors (Lipinski definition) is 3. The van der Waals surface area contributed by atoms with Crippen LogP contribution in [0.3, 0.4) is 0 Å². The number of amides is 2. The van der Waals surface area contributed by atoms with Gasteiger partial charge < -0.3 is 9.80 Å². The average Bonchev–Trinajstić information content (AvgIpc) is 2.56. The van der Waals surface area contributed by atoms with Crippen molar-refractivity contribution in [1.29, 1.82) is 0 Å². The van der Waals surface area contributed by atoms with Crippen LogP contribution in [0, 0.1) is 5.92 Å². The second-order valence-electron chi connectivity index (χ2n) is 5.65. The molecule has 0 radical (unpaired) electrons. The lowest BCUT2D eigenvalue weighted by Gasteiger charge is -2.36. The smallest absolute Gasteiger partial charge is 0.255 e. The van der Waals surface area contributed by atoms with Crippen LogP contribution in [-0.2, 0) is 4.79 Å². The Bertz CT molecular complexity index is 535. The molecule has 0 unspecified atom stereocenters. The number of piperazine rings is 1. The summed E-state index contributed by atoms with van der Waals surface area (Å²) in [5.74, 6) is 0.340. The van der Waals surface area contributed by atoms with Crippen LogP contribution >= 0.6 is 12.6 Å². The molecule has 0 aromatic heterocycles. The van der Waals surface area contributed by atoms with E-state index in [0.29, 0.717) is 36.6 Å². The molecule has 1 saturated heterocycles. The molecule has 1 aromatic carbocycles. The minimum Gasteiger partial charge on any atom is -0.339 e. The molecule has 0 atom stereocenters. The zero-order valence-corrected chi connectivity index (χ0v) is 14.2. The molecule has 1 heterocycles. The van der Waals surface area contributed by atoms with Gasteiger partial charge in [0.05, 0.1) is 5.56 Å². The van der Waals surface area contributed by atoms with Gasteiger partial charge in [0, 0.05) is 37.0 Å². The zero-order valence-electron chi connectivity index (χ0n) is 13.3. The summed E-state index contributed by atoms with van der Waals surface area (Å²) in [4.78, 5) is 29.3. The lowest BCUT2D eigenvalue weighted by atomic mass is 10.0. The predicted molar refractivity (Wildman–Crippen MR) is 90.2 cm³/mol. The summed E-state index contributed by atoms with van der Waals surface area (Å²) in [7, 11) is 0. The second kappa shape index (κ2) is 7.68. The van der Waals surface area contributed by atoms with E-state index in [2.05, 4.69) is 26.5 Å². The van der Waals surface area contributed by atoms with Crippen molar-refractivity contribution < 1.29 is 9.59 Å². The van der Waals surface area contributed by atoms with E-state index in [1.165, 1.54) is 0 Å². The van der Waals surface area contributed by atoms with Crippen molar-refractivity contribution >= 4 is 24.4 Å². The number of carbonyl (C=O) groups excluding carboxylic acids is 2. The fourth-order valence-electron chi connectivity index (χ4n) is 2.85. The Labute approximate surface area is 137 Å². The molecule has 2 amide bonds. The maximum atomic E-state index is 12.5. The molecule has 1 aromatic rings. The van der Waals surface area contributed by atoms with Crippen molar-refractivity contribution in [2.45, 2.75) is 31.6 Å². The molecule has 0 saturated carbocycles. The van der Waals surface area contributed by atoms with Crippen LogP contribution in [0.5, 0.6) is 0 Å². The van der Waals surface area contributed by atoms with E-state index in [9.17, 15) is 9.59 Å². The highest BCUT2D eigenvalue weighted by molar-refractivity contribution is 7.80. The Morgan fingerprint density at radius 2 is 1.59 bits per heavy atom. The van der Waals surface area contributed by atoms with Crippen molar-refractivity contribution in [2.24, 2.45) is 5.92 Å². The van der Waals surface area contributed by atoms with E-state index in [1.807, 2.05) is 28.0 Å². The zero-order chi connectivity index (χ0) is 16.1. The first-order valence-electron chi connectivity index (χ1n) is 7.94. The third-order valence-electron chi connectivity index (χ3n) is 4.35. The fourth-order valence-corrected chi connectivity index (χ4v) is 3.11. The van der Waals surface area contributed by atoms with Gasteiger partial charge in [-0.05, 0) is 25.0 Å². The van der Waals surface area contributed by atoms with Gasteiger partial charge in [-0.2, -0.15) is 0 Å². The summed E-state index contributed by atoms with van der Waals surface area (Å²) in [6, 6.07) is 7.33. The summed E-state index contributed by atoms with van der Waals surface area (Å²) in [5.41, 5.74) is 0.630. The van der Waals surface area contributed by atoms with Crippen LogP contribution < -0.4 is 0 Å². The summed E-state index contributed by atoms with van der Waals surface area (Å²) in [6.45, 7) is 6.52. The number of nitrogens with zero attached hydrogens (tertiary/aromatic N) is 2. The van der Waals surface area contributed by atoms with Gasteiger partial charge in [0.25, 0.3) is 5.91 Å². The highest BCUT2D eigenvalue weighted by Gasteiger charge is 2.28. The summed E-state index contributed by atoms with van der Waals surface area (Å²) < 4.78 is 0. The normalized spacial score (nSPS) is 15.3. The predicted octanol–water partition coefficient (Wildman–Crippen LogP) is 2.70. The van der Waals surface area contributed by atoms with Gasteiger partial charge in [-0.1, -0.05) is 26.0 Å². The van der Waals surface area contributed by atoms with Crippen molar-refractivity contribution in [1.82, 2.24) is 9.80 Å². The molecule has 120 valence electrons. The minimum absolute atomic E-state index is 0.000215. The molecule has 1 aliphatic heterocycles. The summed E-state index contributed by atoms with van der Waals surface area (Å²) >= 11 is 4.35. The third-order valence-corrected chi connectivity index (χ3v) is 4.74. The molecule has 0 N–H and O–H groups in total. The largest absolute Gasteiger partial charge is 0.339 e. The van der Waals surface area contributed by atoms with E-state index in [0.717, 1.165) is 12.8 Å². The lowest BCUT2D eigenvalue weighted by Crippen LogP contribution is -2.52. The Hall–Kier alpha value is -1.49. The van der Waals surface area contributed by atoms with E-state index < -0.39 is 0 Å². The van der Waals surface area contributed by atoms with Gasteiger partial charge in [0.15, 0.2) is 0 Å². The fraction of sp³-hybridized carbons (Fsp3) is 0.529. The topological polar surface area (TPSA) is 40.6 Å². The molecule has 2 rings (SSSR count). The first-order valence-corrected chi connectivity index (χ1v) is 8.39. The molecular weight excluding hydrogens is 296 g/mol. The van der Waals surface area contributed by atoms with Crippen molar-refractivity contribution in [2.75, 3.05) is 26.2 Å². The average molecular weight is 320 g/mol. The highest BCUT2D eigenvalue weighted by atomic mass is 32.1. The molecular formula is C17H24N2O2S. The maximum Gasteiger partial charge on any atom is 0.255 e. The molecule has 1 fully saturated rings. The minimum atomic E-state index is 0.000215. The Morgan fingerprint density at radius 3 is 2.14 bits per heavy atom. The van der Waals surface area contributed by atoms with Crippen LogP contribution in [0.2, 0.25) is 0 Å². The SMILES string of the molecule is CCC(CC)C(=O)N1CCN(C(=O)c2ccccc2S)CC1. The second-order valence-corrected chi connectivity index (χ2v) is 6.13. The maximum absolute atomic E-state index is 12.5. The van der Waals surface area contributed by atoms with Gasteiger partial charge in [-0.3, -0.25) is 9.59 Å². The standard InChI is InChI=1S/C17H24N2O2S/c1-3-13(4-2)16(20)18-9-11-19(12-10-18)17(21)14-7-5-6-8-15(14)22/h5-8,13,22H,3-4,9-12H2,1-2H3. The van der Waals surface area contributed by atoms with Crippen molar-refractivity contribution in [3.8, 4) is 0 Å². The first-order chi connectivity index (χ1) is 10.6. The molecule has 0 bridgehead atoms. The molecule has 0 spiro atoms. The molecule has 5 heteroatoms. The summed E-state index contributed by atoms with van der Waals surface area (Å²) in [5, 5.41) is 0. The quantitative estimate of drug-likeness (QED) is 0.867. The Morgan fingerprint density at radius 1 is 1.05 bits per heavy atom. The first kappa shape index (κ1) is 16.9. The molecule has 22 heavy (non-hydrogen) atoms. The van der Waals surface area contributed by atoms with Crippen LogP contribution in [0.15, 0.2) is 29.2 Å². The van der Waals surface area contributed by atoms with E-state index in [4.69, 9.17) is 0 Å². The highest BCUT2D eigenvalue weighted by Crippen LogP contribution is 2.18. The van der Waals surface area contributed by atoms with Crippen LogP contribution in [-0.4, -0.2) is 47.8 Å².